The Labute approximate surface area is 133 Å². The van der Waals surface area contributed by atoms with Crippen LogP contribution in [-0.4, -0.2) is 43.6 Å². The monoisotopic (exact) mass is 333 g/mol. The Kier molecular flexibility index (Phi) is 7.32. The number of carbonyl (C=O) groups excluding carboxylic acids is 2. The van der Waals surface area contributed by atoms with Gasteiger partial charge in [0.2, 0.25) is 0 Å². The summed E-state index contributed by atoms with van der Waals surface area (Å²) in [7, 11) is 1.59. The fourth-order valence-corrected chi connectivity index (χ4v) is 1.79. The molecule has 0 unspecified atom stereocenters. The van der Waals surface area contributed by atoms with Gasteiger partial charge in [0.05, 0.1) is 18.1 Å². The lowest BCUT2D eigenvalue weighted by atomic mass is 10.3. The number of hydrogen-bond donors (Lipinski definition) is 0. The quantitative estimate of drug-likeness (QED) is 0.720. The first-order chi connectivity index (χ1) is 9.93. The SMILES string of the molecule is CCOC(=O)CCN(C)C(=O)COc1cc(Cl)ccc1Cl. The highest BCUT2D eigenvalue weighted by Gasteiger charge is 2.13. The van der Waals surface area contributed by atoms with Crippen LogP contribution in [0.25, 0.3) is 0 Å². The number of likely N-dealkylation sites (N-methyl/N-ethyl adjacent to an activating group) is 1. The van der Waals surface area contributed by atoms with Crippen molar-refractivity contribution in [3.8, 4) is 5.75 Å². The third kappa shape index (κ3) is 6.23. The van der Waals surface area contributed by atoms with Gasteiger partial charge in [-0.25, -0.2) is 0 Å². The molecule has 0 saturated heterocycles. The topological polar surface area (TPSA) is 55.8 Å². The summed E-state index contributed by atoms with van der Waals surface area (Å²) in [5.41, 5.74) is 0. The minimum absolute atomic E-state index is 0.147. The molecule has 116 valence electrons. The number of carbonyl (C=O) groups is 2. The average Bonchev–Trinajstić information content (AvgIpc) is 2.45. The second-order valence-corrected chi connectivity index (χ2v) is 5.08. The van der Waals surface area contributed by atoms with Crippen molar-refractivity contribution in [3.63, 3.8) is 0 Å². The molecule has 0 radical (unpaired) electrons. The molecule has 0 saturated carbocycles. The number of ether oxygens (including phenoxy) is 2. The van der Waals surface area contributed by atoms with Crippen LogP contribution < -0.4 is 4.74 Å². The molecule has 1 aromatic carbocycles. The van der Waals surface area contributed by atoms with Crippen molar-refractivity contribution in [1.29, 1.82) is 0 Å². The van der Waals surface area contributed by atoms with Crippen LogP contribution in [0.15, 0.2) is 18.2 Å². The summed E-state index contributed by atoms with van der Waals surface area (Å²) < 4.78 is 10.1. The van der Waals surface area contributed by atoms with Crippen LogP contribution >= 0.6 is 23.2 Å². The summed E-state index contributed by atoms with van der Waals surface area (Å²) in [5.74, 6) is -0.261. The second-order valence-electron chi connectivity index (χ2n) is 4.23. The minimum atomic E-state index is -0.337. The number of amides is 1. The highest BCUT2D eigenvalue weighted by molar-refractivity contribution is 6.34. The molecule has 0 aliphatic heterocycles. The Morgan fingerprint density at radius 1 is 1.29 bits per heavy atom. The third-order valence-electron chi connectivity index (χ3n) is 2.63. The number of benzene rings is 1. The number of hydrogen-bond acceptors (Lipinski definition) is 4. The van der Waals surface area contributed by atoms with Crippen molar-refractivity contribution >= 4 is 35.1 Å². The molecule has 1 aromatic rings. The van der Waals surface area contributed by atoms with E-state index in [4.69, 9.17) is 32.7 Å². The van der Waals surface area contributed by atoms with Crippen LogP contribution in [0.2, 0.25) is 10.0 Å². The molecule has 0 aliphatic carbocycles. The maximum absolute atomic E-state index is 11.9. The van der Waals surface area contributed by atoms with Gasteiger partial charge in [0, 0.05) is 24.7 Å². The lowest BCUT2D eigenvalue weighted by Gasteiger charge is -2.17. The van der Waals surface area contributed by atoms with E-state index >= 15 is 0 Å². The van der Waals surface area contributed by atoms with Gasteiger partial charge in [0.1, 0.15) is 5.75 Å². The van der Waals surface area contributed by atoms with E-state index in [1.165, 1.54) is 11.0 Å². The largest absolute Gasteiger partial charge is 0.482 e. The molecular formula is C14H17Cl2NO4. The smallest absolute Gasteiger partial charge is 0.307 e. The Bertz CT molecular complexity index is 508. The molecule has 5 nitrogen and oxygen atoms in total. The third-order valence-corrected chi connectivity index (χ3v) is 3.17. The highest BCUT2D eigenvalue weighted by atomic mass is 35.5. The van der Waals surface area contributed by atoms with Crippen molar-refractivity contribution in [2.24, 2.45) is 0 Å². The van der Waals surface area contributed by atoms with Gasteiger partial charge < -0.3 is 14.4 Å². The Balaban J connectivity index is 2.42. The average molecular weight is 334 g/mol. The van der Waals surface area contributed by atoms with Crippen molar-refractivity contribution in [2.45, 2.75) is 13.3 Å². The summed E-state index contributed by atoms with van der Waals surface area (Å²) in [5, 5.41) is 0.846. The van der Waals surface area contributed by atoms with E-state index in [9.17, 15) is 9.59 Å². The minimum Gasteiger partial charge on any atom is -0.482 e. The van der Waals surface area contributed by atoms with E-state index in [0.717, 1.165) is 0 Å². The van der Waals surface area contributed by atoms with Crippen LogP contribution in [0.3, 0.4) is 0 Å². The van der Waals surface area contributed by atoms with E-state index in [-0.39, 0.29) is 31.4 Å². The number of esters is 1. The summed E-state index contributed by atoms with van der Waals surface area (Å²) in [6.45, 7) is 2.14. The van der Waals surface area contributed by atoms with E-state index < -0.39 is 0 Å². The maximum atomic E-state index is 11.9. The van der Waals surface area contributed by atoms with Crippen molar-refractivity contribution in [2.75, 3.05) is 26.8 Å². The molecule has 1 rings (SSSR count). The molecule has 0 fully saturated rings. The maximum Gasteiger partial charge on any atom is 0.307 e. The standard InChI is InChI=1S/C14H17Cl2NO4/c1-3-20-14(19)6-7-17(2)13(18)9-21-12-8-10(15)4-5-11(12)16/h4-5,8H,3,6-7,9H2,1-2H3. The molecule has 21 heavy (non-hydrogen) atoms. The molecule has 0 bridgehead atoms. The lowest BCUT2D eigenvalue weighted by molar-refractivity contribution is -0.144. The Hall–Kier alpha value is -1.46. The summed E-state index contributed by atoms with van der Waals surface area (Å²) in [4.78, 5) is 24.5. The molecule has 1 amide bonds. The van der Waals surface area contributed by atoms with Gasteiger partial charge in [0.15, 0.2) is 6.61 Å². The van der Waals surface area contributed by atoms with Crippen LogP contribution in [-0.2, 0) is 14.3 Å². The van der Waals surface area contributed by atoms with Crippen LogP contribution in [0, 0.1) is 0 Å². The van der Waals surface area contributed by atoms with E-state index in [0.29, 0.717) is 22.4 Å². The first-order valence-corrected chi connectivity index (χ1v) is 7.17. The Morgan fingerprint density at radius 3 is 2.67 bits per heavy atom. The van der Waals surface area contributed by atoms with Gasteiger partial charge in [-0.15, -0.1) is 0 Å². The van der Waals surface area contributed by atoms with Gasteiger partial charge >= 0.3 is 5.97 Å². The van der Waals surface area contributed by atoms with Crippen LogP contribution in [0.1, 0.15) is 13.3 Å². The van der Waals surface area contributed by atoms with Crippen molar-refractivity contribution < 1.29 is 19.1 Å². The molecule has 0 aliphatic rings. The van der Waals surface area contributed by atoms with Gasteiger partial charge in [-0.2, -0.15) is 0 Å². The normalized spacial score (nSPS) is 10.1. The summed E-state index contributed by atoms with van der Waals surface area (Å²) >= 11 is 11.8. The molecule has 0 aromatic heterocycles. The molecule has 0 N–H and O–H groups in total. The number of halogens is 2. The van der Waals surface area contributed by atoms with Gasteiger partial charge in [-0.3, -0.25) is 9.59 Å². The van der Waals surface area contributed by atoms with E-state index in [1.807, 2.05) is 0 Å². The summed E-state index contributed by atoms with van der Waals surface area (Å²) in [6.07, 6.45) is 0.147. The number of nitrogens with zero attached hydrogens (tertiary/aromatic N) is 1. The molecule has 0 atom stereocenters. The van der Waals surface area contributed by atoms with Gasteiger partial charge in [-0.1, -0.05) is 23.2 Å². The zero-order chi connectivity index (χ0) is 15.8. The predicted molar refractivity (Wildman–Crippen MR) is 80.8 cm³/mol. The van der Waals surface area contributed by atoms with E-state index in [1.54, 1.807) is 26.1 Å². The first kappa shape index (κ1) is 17.6. The molecular weight excluding hydrogens is 317 g/mol. The number of rotatable bonds is 7. The first-order valence-electron chi connectivity index (χ1n) is 6.41. The summed E-state index contributed by atoms with van der Waals surface area (Å²) in [6, 6.07) is 4.76. The van der Waals surface area contributed by atoms with E-state index in [2.05, 4.69) is 0 Å². The van der Waals surface area contributed by atoms with Crippen molar-refractivity contribution in [1.82, 2.24) is 4.90 Å². The second kappa shape index (κ2) is 8.74. The molecule has 7 heteroatoms. The molecule has 0 heterocycles. The Morgan fingerprint density at radius 2 is 2.00 bits per heavy atom. The van der Waals surface area contributed by atoms with Crippen molar-refractivity contribution in [3.05, 3.63) is 28.2 Å². The fraction of sp³-hybridized carbons (Fsp3) is 0.429. The molecule has 0 spiro atoms. The zero-order valence-electron chi connectivity index (χ0n) is 11.9. The van der Waals surface area contributed by atoms with Gasteiger partial charge in [-0.05, 0) is 19.1 Å². The van der Waals surface area contributed by atoms with Crippen LogP contribution in [0.4, 0.5) is 0 Å². The zero-order valence-corrected chi connectivity index (χ0v) is 13.4. The fourth-order valence-electron chi connectivity index (χ4n) is 1.45. The lowest BCUT2D eigenvalue weighted by Crippen LogP contribution is -2.33. The highest BCUT2D eigenvalue weighted by Crippen LogP contribution is 2.27. The van der Waals surface area contributed by atoms with Gasteiger partial charge in [0.25, 0.3) is 5.91 Å². The van der Waals surface area contributed by atoms with Crippen LogP contribution in [0.5, 0.6) is 5.75 Å². The predicted octanol–water partition coefficient (Wildman–Crippen LogP) is 2.78.